The van der Waals surface area contributed by atoms with E-state index in [2.05, 4.69) is 21.8 Å². The third kappa shape index (κ3) is 2.96. The Morgan fingerprint density at radius 1 is 1.60 bits per heavy atom. The molecule has 20 heavy (non-hydrogen) atoms. The summed E-state index contributed by atoms with van der Waals surface area (Å²) < 4.78 is 12.0. The van der Waals surface area contributed by atoms with Crippen LogP contribution >= 0.6 is 11.3 Å². The van der Waals surface area contributed by atoms with Crippen LogP contribution in [0.15, 0.2) is 18.0 Å². The molecule has 1 aliphatic heterocycles. The fourth-order valence-corrected chi connectivity index (χ4v) is 3.83. The Hall–Kier alpha value is -0.750. The van der Waals surface area contributed by atoms with Gasteiger partial charge in [-0.15, -0.1) is 17.9 Å². The van der Waals surface area contributed by atoms with Crippen molar-refractivity contribution in [1.29, 1.82) is 0 Å². The number of rotatable bonds is 5. The van der Waals surface area contributed by atoms with E-state index in [1.54, 1.807) is 11.3 Å². The highest BCUT2D eigenvalue weighted by atomic mass is 32.1. The molecule has 3 atom stereocenters. The number of fused-ring (bicyclic) bond motifs is 1. The lowest BCUT2D eigenvalue weighted by atomic mass is 10.1. The van der Waals surface area contributed by atoms with Crippen molar-refractivity contribution in [3.8, 4) is 0 Å². The van der Waals surface area contributed by atoms with Gasteiger partial charge in [0.1, 0.15) is 0 Å². The largest absolute Gasteiger partial charge is 0.373 e. The Bertz CT molecular complexity index is 462. The molecule has 4 nitrogen and oxygen atoms in total. The van der Waals surface area contributed by atoms with Crippen LogP contribution < -0.4 is 0 Å². The van der Waals surface area contributed by atoms with Crippen LogP contribution in [0.3, 0.4) is 0 Å². The quantitative estimate of drug-likeness (QED) is 0.781. The molecule has 0 N–H and O–H groups in total. The van der Waals surface area contributed by atoms with Crippen LogP contribution in [-0.2, 0) is 16.1 Å². The summed E-state index contributed by atoms with van der Waals surface area (Å²) in [6.07, 6.45) is 4.62. The molecule has 0 aromatic carbocycles. The number of morpholine rings is 1. The predicted molar refractivity (Wildman–Crippen MR) is 80.0 cm³/mol. The molecule has 110 valence electrons. The zero-order chi connectivity index (χ0) is 13.9. The van der Waals surface area contributed by atoms with E-state index in [4.69, 9.17) is 9.47 Å². The fraction of sp³-hybridized carbons (Fsp3) is 0.667. The molecule has 1 saturated heterocycles. The second kappa shape index (κ2) is 6.35. The summed E-state index contributed by atoms with van der Waals surface area (Å²) in [5, 5.41) is 3.17. The molecule has 2 aliphatic rings. The normalized spacial score (nSPS) is 30.4. The summed E-state index contributed by atoms with van der Waals surface area (Å²) in [7, 11) is 0. The third-order valence-corrected chi connectivity index (χ3v) is 4.95. The van der Waals surface area contributed by atoms with Crippen molar-refractivity contribution in [3.63, 3.8) is 0 Å². The molecule has 1 saturated carbocycles. The van der Waals surface area contributed by atoms with Gasteiger partial charge in [-0.1, -0.05) is 6.08 Å². The zero-order valence-electron chi connectivity index (χ0n) is 12.0. The number of hydrogen-bond donors (Lipinski definition) is 0. The van der Waals surface area contributed by atoms with Gasteiger partial charge >= 0.3 is 0 Å². The van der Waals surface area contributed by atoms with Crippen LogP contribution in [0.25, 0.3) is 0 Å². The number of thiazole rings is 1. The average molecular weight is 294 g/mol. The van der Waals surface area contributed by atoms with Gasteiger partial charge in [-0.25, -0.2) is 4.98 Å². The maximum Gasteiger partial charge on any atom is 0.0992 e. The maximum atomic E-state index is 6.06. The van der Waals surface area contributed by atoms with Crippen molar-refractivity contribution in [3.05, 3.63) is 28.7 Å². The highest BCUT2D eigenvalue weighted by Gasteiger charge is 2.42. The molecule has 0 spiro atoms. The highest BCUT2D eigenvalue weighted by Crippen LogP contribution is 2.32. The molecule has 0 unspecified atom stereocenters. The zero-order valence-corrected chi connectivity index (χ0v) is 12.8. The minimum absolute atomic E-state index is 0.203. The van der Waals surface area contributed by atoms with Crippen LogP contribution in [0.2, 0.25) is 0 Å². The van der Waals surface area contributed by atoms with Gasteiger partial charge in [0.05, 0.1) is 36.1 Å². The van der Waals surface area contributed by atoms with Gasteiger partial charge in [-0.05, 0) is 19.8 Å². The molecule has 2 heterocycles. The van der Waals surface area contributed by atoms with Crippen molar-refractivity contribution in [2.24, 2.45) is 0 Å². The van der Waals surface area contributed by atoms with E-state index in [1.165, 1.54) is 0 Å². The van der Waals surface area contributed by atoms with E-state index in [-0.39, 0.29) is 12.2 Å². The van der Waals surface area contributed by atoms with Gasteiger partial charge in [0, 0.05) is 24.5 Å². The summed E-state index contributed by atoms with van der Waals surface area (Å²) in [5.74, 6) is 0. The summed E-state index contributed by atoms with van der Waals surface area (Å²) in [6.45, 7) is 9.22. The van der Waals surface area contributed by atoms with E-state index in [9.17, 15) is 0 Å². The predicted octanol–water partition coefficient (Wildman–Crippen LogP) is 2.39. The van der Waals surface area contributed by atoms with E-state index in [0.29, 0.717) is 12.6 Å². The molecule has 5 heteroatoms. The standard InChI is InChI=1S/C15H22N2O2S/c1-3-6-17-7-8-18-15-13(17)4-5-14(15)19-9-12-10-20-11(2)16-12/h3,10,13-15H,1,4-9H2,2H3/t13-,14+,15+/m0/s1. The number of aryl methyl sites for hydroxylation is 1. The van der Waals surface area contributed by atoms with Crippen LogP contribution in [-0.4, -0.2) is 47.8 Å². The first kappa shape index (κ1) is 14.2. The Morgan fingerprint density at radius 2 is 2.50 bits per heavy atom. The molecule has 0 bridgehead atoms. The molecule has 1 aliphatic carbocycles. The van der Waals surface area contributed by atoms with Crippen LogP contribution in [0.1, 0.15) is 23.5 Å². The first-order valence-electron chi connectivity index (χ1n) is 7.27. The molecule has 0 radical (unpaired) electrons. The SMILES string of the molecule is C=CCN1CCO[C@H]2[C@H](OCc3csc(C)n3)CC[C@@H]21. The summed E-state index contributed by atoms with van der Waals surface area (Å²) in [6, 6.07) is 0.490. The summed E-state index contributed by atoms with van der Waals surface area (Å²) >= 11 is 1.67. The molecular weight excluding hydrogens is 272 g/mol. The van der Waals surface area contributed by atoms with Crippen molar-refractivity contribution in [1.82, 2.24) is 9.88 Å². The van der Waals surface area contributed by atoms with Gasteiger partial charge in [0.2, 0.25) is 0 Å². The summed E-state index contributed by atoms with van der Waals surface area (Å²) in [4.78, 5) is 6.92. The van der Waals surface area contributed by atoms with E-state index >= 15 is 0 Å². The first-order valence-corrected chi connectivity index (χ1v) is 8.15. The third-order valence-electron chi connectivity index (χ3n) is 4.13. The molecule has 1 aromatic rings. The van der Waals surface area contributed by atoms with Gasteiger partial charge in [0.15, 0.2) is 0 Å². The Labute approximate surface area is 124 Å². The van der Waals surface area contributed by atoms with Crippen LogP contribution in [0.4, 0.5) is 0 Å². The second-order valence-electron chi connectivity index (χ2n) is 5.47. The average Bonchev–Trinajstić information content (AvgIpc) is 3.04. The highest BCUT2D eigenvalue weighted by molar-refractivity contribution is 7.09. The van der Waals surface area contributed by atoms with Crippen molar-refractivity contribution in [2.75, 3.05) is 19.7 Å². The Morgan fingerprint density at radius 3 is 3.25 bits per heavy atom. The van der Waals surface area contributed by atoms with Gasteiger partial charge in [0.25, 0.3) is 0 Å². The van der Waals surface area contributed by atoms with E-state index in [0.717, 1.165) is 43.2 Å². The minimum atomic E-state index is 0.203. The molecule has 3 rings (SSSR count). The number of hydrogen-bond acceptors (Lipinski definition) is 5. The molecule has 1 aromatic heterocycles. The topological polar surface area (TPSA) is 34.6 Å². The maximum absolute atomic E-state index is 6.06. The lowest BCUT2D eigenvalue weighted by Crippen LogP contribution is -2.51. The van der Waals surface area contributed by atoms with Crippen LogP contribution in [0, 0.1) is 6.92 Å². The van der Waals surface area contributed by atoms with Gasteiger partial charge < -0.3 is 9.47 Å². The van der Waals surface area contributed by atoms with Crippen molar-refractivity contribution in [2.45, 2.75) is 44.6 Å². The Kier molecular flexibility index (Phi) is 4.51. The van der Waals surface area contributed by atoms with E-state index in [1.807, 2.05) is 13.0 Å². The fourth-order valence-electron chi connectivity index (χ4n) is 3.23. The molecular formula is C15H22N2O2S. The van der Waals surface area contributed by atoms with Crippen molar-refractivity contribution >= 4 is 11.3 Å². The van der Waals surface area contributed by atoms with Crippen LogP contribution in [0.5, 0.6) is 0 Å². The molecule has 2 fully saturated rings. The van der Waals surface area contributed by atoms with E-state index < -0.39 is 0 Å². The smallest absolute Gasteiger partial charge is 0.0992 e. The Balaban J connectivity index is 1.57. The van der Waals surface area contributed by atoms with Crippen molar-refractivity contribution < 1.29 is 9.47 Å². The number of ether oxygens (including phenoxy) is 2. The minimum Gasteiger partial charge on any atom is -0.373 e. The lowest BCUT2D eigenvalue weighted by molar-refractivity contribution is -0.115. The number of aromatic nitrogens is 1. The first-order chi connectivity index (χ1) is 9.78. The monoisotopic (exact) mass is 294 g/mol. The van der Waals surface area contributed by atoms with Gasteiger partial charge in [-0.2, -0.15) is 0 Å². The molecule has 0 amide bonds. The lowest BCUT2D eigenvalue weighted by Gasteiger charge is -2.38. The second-order valence-corrected chi connectivity index (χ2v) is 6.53. The number of nitrogens with zero attached hydrogens (tertiary/aromatic N) is 2. The van der Waals surface area contributed by atoms with Gasteiger partial charge in [-0.3, -0.25) is 4.90 Å². The summed E-state index contributed by atoms with van der Waals surface area (Å²) in [5.41, 5.74) is 1.04.